The molecule has 0 radical (unpaired) electrons. The number of nitrogens with two attached hydrogens (primary N) is 3. The Hall–Kier alpha value is -10.6. The number of carbonyl (C=O) groups is 12. The Kier molecular flexibility index (Phi) is 30.7. The number of amides is 7. The van der Waals surface area contributed by atoms with Crippen LogP contribution in [0.3, 0.4) is 0 Å². The van der Waals surface area contributed by atoms with E-state index in [1.165, 1.54) is 0 Å². The lowest BCUT2D eigenvalue weighted by Gasteiger charge is -2.30. The molecule has 9 rings (SSSR count). The van der Waals surface area contributed by atoms with Crippen LogP contribution in [0.5, 0.6) is 0 Å². The van der Waals surface area contributed by atoms with Gasteiger partial charge in [-0.15, -0.1) is 0 Å². The van der Waals surface area contributed by atoms with Crippen LogP contribution in [0.1, 0.15) is 144 Å². The SMILES string of the molecule is NC(=O)C1CCCCC1NC(=O)COC(=O)[C@H](Cc1ccccc1)NC(=O)c1ccccc1.NC(=O)[C@@H]1CCCC[C@H]1NC(=O)CCC(=O)[C@H](Cc1ccccc1)OC(=O)c1ccccc1.NC(=O)[C@H]1CCCC[C@@H]1OC(=O)CNC(=O)[C@@H](CC(=O)c1ccccc1)Cc1ccccc1. The van der Waals surface area contributed by atoms with Gasteiger partial charge in [0.1, 0.15) is 18.7 Å². The van der Waals surface area contributed by atoms with Crippen molar-refractivity contribution in [3.05, 3.63) is 215 Å². The molecule has 22 nitrogen and oxygen atoms in total. The first-order valence-corrected chi connectivity index (χ1v) is 33.8. The van der Waals surface area contributed by atoms with Crippen LogP contribution in [0.2, 0.25) is 0 Å². The average Bonchev–Trinajstić information content (AvgIpc) is 1.02. The molecule has 7 amide bonds. The van der Waals surface area contributed by atoms with Gasteiger partial charge >= 0.3 is 17.9 Å². The van der Waals surface area contributed by atoms with Crippen LogP contribution in [0.4, 0.5) is 0 Å². The Morgan fingerprint density at radius 3 is 1.40 bits per heavy atom. The van der Waals surface area contributed by atoms with E-state index in [0.29, 0.717) is 61.6 Å². The van der Waals surface area contributed by atoms with E-state index in [1.54, 1.807) is 84.9 Å². The van der Waals surface area contributed by atoms with E-state index in [2.05, 4.69) is 21.3 Å². The summed E-state index contributed by atoms with van der Waals surface area (Å²) in [5.41, 5.74) is 20.3. The summed E-state index contributed by atoms with van der Waals surface area (Å²) in [6.07, 6.45) is 8.30. The van der Waals surface area contributed by atoms with Gasteiger partial charge in [-0.2, -0.15) is 0 Å². The summed E-state index contributed by atoms with van der Waals surface area (Å²) in [5, 5.41) is 10.9. The Morgan fingerprint density at radius 1 is 0.455 bits per heavy atom. The Balaban J connectivity index is 0.000000209. The van der Waals surface area contributed by atoms with Crippen LogP contribution < -0.4 is 38.5 Å². The highest BCUT2D eigenvalue weighted by Crippen LogP contribution is 2.28. The van der Waals surface area contributed by atoms with Gasteiger partial charge in [-0.05, 0) is 92.3 Å². The number of ketones is 2. The number of hydrogen-bond donors (Lipinski definition) is 7. The molecule has 99 heavy (non-hydrogen) atoms. The topological polar surface area (TPSA) is 359 Å². The predicted octanol–water partition coefficient (Wildman–Crippen LogP) is 7.52. The Labute approximate surface area is 576 Å². The maximum atomic E-state index is 13.0. The summed E-state index contributed by atoms with van der Waals surface area (Å²) >= 11 is 0. The van der Waals surface area contributed by atoms with Crippen molar-refractivity contribution in [3.8, 4) is 0 Å². The van der Waals surface area contributed by atoms with E-state index in [4.69, 9.17) is 31.4 Å². The third kappa shape index (κ3) is 25.7. The van der Waals surface area contributed by atoms with Crippen molar-refractivity contribution < 1.29 is 71.7 Å². The normalized spacial score (nSPS) is 18.6. The molecule has 6 aromatic rings. The zero-order valence-electron chi connectivity index (χ0n) is 55.5. The summed E-state index contributed by atoms with van der Waals surface area (Å²) in [5.74, 6) is -7.26. The minimum atomic E-state index is -0.999. The fourth-order valence-electron chi connectivity index (χ4n) is 12.3. The molecule has 0 heterocycles. The highest BCUT2D eigenvalue weighted by Gasteiger charge is 2.35. The minimum Gasteiger partial charge on any atom is -0.460 e. The fraction of sp³-hybridized carbons (Fsp3) is 0.377. The van der Waals surface area contributed by atoms with Crippen LogP contribution in [-0.2, 0) is 76.6 Å². The number of carbonyl (C=O) groups excluding carboxylic acids is 12. The summed E-state index contributed by atoms with van der Waals surface area (Å²) in [6.45, 7) is -0.834. The van der Waals surface area contributed by atoms with E-state index in [1.807, 2.05) is 97.1 Å². The van der Waals surface area contributed by atoms with Crippen molar-refractivity contribution in [1.29, 1.82) is 0 Å². The number of ether oxygens (including phenoxy) is 3. The van der Waals surface area contributed by atoms with Gasteiger partial charge in [0.25, 0.3) is 11.8 Å². The maximum Gasteiger partial charge on any atom is 0.338 e. The predicted molar refractivity (Wildman–Crippen MR) is 368 cm³/mol. The number of primary amides is 3. The van der Waals surface area contributed by atoms with Crippen LogP contribution in [-0.4, -0.2) is 114 Å². The van der Waals surface area contributed by atoms with Gasteiger partial charge in [0.15, 0.2) is 24.3 Å². The molecule has 3 fully saturated rings. The van der Waals surface area contributed by atoms with E-state index < -0.39 is 96.0 Å². The molecular weight excluding hydrogens is 1260 g/mol. The molecule has 9 atom stereocenters. The van der Waals surface area contributed by atoms with Crippen molar-refractivity contribution in [2.75, 3.05) is 13.2 Å². The molecule has 3 saturated carbocycles. The number of hydrogen-bond acceptors (Lipinski definition) is 15. The van der Waals surface area contributed by atoms with Crippen molar-refractivity contribution in [2.45, 2.75) is 146 Å². The zero-order valence-corrected chi connectivity index (χ0v) is 55.5. The molecule has 2 unspecified atom stereocenters. The monoisotopic (exact) mass is 1350 g/mol. The minimum absolute atomic E-state index is 0.0200. The molecule has 0 aromatic heterocycles. The van der Waals surface area contributed by atoms with Crippen LogP contribution >= 0.6 is 0 Å². The van der Waals surface area contributed by atoms with Gasteiger partial charge < -0.3 is 52.7 Å². The van der Waals surface area contributed by atoms with Crippen LogP contribution in [0, 0.1) is 23.7 Å². The van der Waals surface area contributed by atoms with Crippen molar-refractivity contribution in [3.63, 3.8) is 0 Å². The molecule has 522 valence electrons. The van der Waals surface area contributed by atoms with Gasteiger partial charge in [0.05, 0.1) is 23.3 Å². The maximum absolute atomic E-state index is 13.0. The average molecular weight is 1350 g/mol. The van der Waals surface area contributed by atoms with E-state index in [-0.39, 0.29) is 74.1 Å². The molecule has 10 N–H and O–H groups in total. The molecule has 0 bridgehead atoms. The first-order chi connectivity index (χ1) is 47.8. The lowest BCUT2D eigenvalue weighted by molar-refractivity contribution is -0.155. The van der Waals surface area contributed by atoms with Crippen LogP contribution in [0.25, 0.3) is 0 Å². The van der Waals surface area contributed by atoms with Gasteiger partial charge in [-0.25, -0.2) is 9.59 Å². The Morgan fingerprint density at radius 2 is 0.889 bits per heavy atom. The standard InChI is InChI=1S/2C26H30N2O5.C25H29N3O5/c27-25(31)21-13-7-8-14-23(21)33-24(30)17-28-26(32)20(15-18-9-3-1-4-10-18)16-22(29)19-11-5-2-6-12-19;27-25(31)20-13-7-8-14-21(20)28-24(30)16-15-22(29)23(17-18-9-3-1-4-10-18)33-26(32)19-11-5-2-6-12-19;26-23(30)19-13-7-8-14-20(19)27-22(29)16-33-25(32)21(15-17-9-3-1-4-10-17)28-24(31)18-11-5-2-6-12-18/h1-6,9-12,20-21,23H,7-8,13-17H2,(H2,27,31)(H,28,32);1-6,9-12,20-21,23H,7-8,13-17H2,(H2,27,31)(H,28,30);1-6,9-12,19-21H,7-8,13-16H2,(H2,26,30)(H,27,29)(H,28,31)/t20-,21+,23+;20-,21-,23+;19?,20?,21-/m110/s1. The zero-order chi connectivity index (χ0) is 70.9. The van der Waals surface area contributed by atoms with Gasteiger partial charge in [-0.3, -0.25) is 47.9 Å². The van der Waals surface area contributed by atoms with E-state index in [0.717, 1.165) is 55.2 Å². The molecule has 0 saturated heterocycles. The quantitative estimate of drug-likeness (QED) is 0.0136. The van der Waals surface area contributed by atoms with E-state index in [9.17, 15) is 57.5 Å². The largest absolute Gasteiger partial charge is 0.460 e. The molecular formula is C77H89N7O15. The summed E-state index contributed by atoms with van der Waals surface area (Å²) in [6, 6.07) is 52.1. The number of nitrogens with one attached hydrogen (secondary N) is 4. The third-order valence-electron chi connectivity index (χ3n) is 17.7. The van der Waals surface area contributed by atoms with E-state index >= 15 is 0 Å². The second-order valence-electron chi connectivity index (χ2n) is 25.0. The smallest absolute Gasteiger partial charge is 0.338 e. The number of Topliss-reactive ketones (excluding diaryl/α,β-unsaturated/α-hetero) is 2. The lowest BCUT2D eigenvalue weighted by Crippen LogP contribution is -2.49. The van der Waals surface area contributed by atoms with Gasteiger partial charge in [0, 0.05) is 61.2 Å². The van der Waals surface area contributed by atoms with Gasteiger partial charge in [0.2, 0.25) is 29.5 Å². The summed E-state index contributed by atoms with van der Waals surface area (Å²) in [7, 11) is 0. The van der Waals surface area contributed by atoms with Crippen molar-refractivity contribution in [1.82, 2.24) is 21.3 Å². The third-order valence-corrected chi connectivity index (χ3v) is 17.7. The Bertz CT molecular complexity index is 3270. The number of benzene rings is 6. The molecule has 6 aromatic carbocycles. The molecule has 3 aliphatic carbocycles. The molecule has 0 spiro atoms. The fourth-order valence-corrected chi connectivity index (χ4v) is 12.3. The highest BCUT2D eigenvalue weighted by atomic mass is 16.6. The number of rotatable bonds is 29. The number of esters is 3. The van der Waals surface area contributed by atoms with Crippen molar-refractivity contribution >= 4 is 70.8 Å². The second-order valence-corrected chi connectivity index (χ2v) is 25.0. The summed E-state index contributed by atoms with van der Waals surface area (Å²) in [4.78, 5) is 149. The molecule has 22 heteroatoms. The van der Waals surface area contributed by atoms with Gasteiger partial charge in [-0.1, -0.05) is 190 Å². The van der Waals surface area contributed by atoms with Crippen molar-refractivity contribution in [2.24, 2.45) is 40.9 Å². The lowest BCUT2D eigenvalue weighted by atomic mass is 9.84. The first-order valence-electron chi connectivity index (χ1n) is 33.8. The van der Waals surface area contributed by atoms with Crippen LogP contribution in [0.15, 0.2) is 182 Å². The highest BCUT2D eigenvalue weighted by molar-refractivity contribution is 5.99. The first kappa shape index (κ1) is 75.7. The second kappa shape index (κ2) is 40.2. The summed E-state index contributed by atoms with van der Waals surface area (Å²) < 4.78 is 16.2. The molecule has 3 aliphatic rings. The molecule has 0 aliphatic heterocycles.